The Hall–Kier alpha value is -1.41. The normalized spacial score (nSPS) is 26.5. The molecule has 100 valence electrons. The van der Waals surface area contributed by atoms with E-state index in [0.29, 0.717) is 0 Å². The molecule has 19 heavy (non-hydrogen) atoms. The van der Waals surface area contributed by atoms with Crippen molar-refractivity contribution in [3.63, 3.8) is 0 Å². The summed E-state index contributed by atoms with van der Waals surface area (Å²) in [4.78, 5) is 4.46. The van der Waals surface area contributed by atoms with Gasteiger partial charge in [0.25, 0.3) is 0 Å². The fraction of sp³-hybridized carbons (Fsp3) is 0.471. The number of aromatic nitrogens is 1. The van der Waals surface area contributed by atoms with Crippen LogP contribution in [0.3, 0.4) is 0 Å². The summed E-state index contributed by atoms with van der Waals surface area (Å²) < 4.78 is 0. The van der Waals surface area contributed by atoms with Gasteiger partial charge in [0.1, 0.15) is 0 Å². The molecule has 1 unspecified atom stereocenters. The van der Waals surface area contributed by atoms with Crippen LogP contribution in [0.1, 0.15) is 45.1 Å². The summed E-state index contributed by atoms with van der Waals surface area (Å²) in [5.41, 5.74) is 9.03. The Morgan fingerprint density at radius 3 is 2.68 bits per heavy atom. The molecule has 1 saturated carbocycles. The first-order chi connectivity index (χ1) is 9.03. The second-order valence-corrected chi connectivity index (χ2v) is 6.47. The van der Waals surface area contributed by atoms with Crippen LogP contribution in [0.15, 0.2) is 36.5 Å². The number of fused-ring (bicyclic) bond motifs is 1. The minimum atomic E-state index is -0.225. The van der Waals surface area contributed by atoms with Gasteiger partial charge in [-0.05, 0) is 36.0 Å². The van der Waals surface area contributed by atoms with Crippen molar-refractivity contribution in [1.29, 1.82) is 0 Å². The van der Waals surface area contributed by atoms with E-state index >= 15 is 0 Å². The second-order valence-electron chi connectivity index (χ2n) is 6.47. The molecule has 1 heterocycles. The van der Waals surface area contributed by atoms with E-state index in [4.69, 9.17) is 5.73 Å². The van der Waals surface area contributed by atoms with Gasteiger partial charge < -0.3 is 5.73 Å². The van der Waals surface area contributed by atoms with Crippen molar-refractivity contribution >= 4 is 10.9 Å². The number of nitrogens with two attached hydrogens (primary N) is 1. The van der Waals surface area contributed by atoms with Gasteiger partial charge in [0.05, 0.1) is 5.52 Å². The molecule has 2 nitrogen and oxygen atoms in total. The van der Waals surface area contributed by atoms with Crippen molar-refractivity contribution in [3.8, 4) is 0 Å². The minimum absolute atomic E-state index is 0.147. The van der Waals surface area contributed by atoms with E-state index in [1.807, 2.05) is 12.3 Å². The smallest absolute Gasteiger partial charge is 0.0705 e. The van der Waals surface area contributed by atoms with Crippen molar-refractivity contribution in [2.75, 3.05) is 0 Å². The van der Waals surface area contributed by atoms with Gasteiger partial charge in [0, 0.05) is 17.1 Å². The molecule has 0 saturated heterocycles. The molecule has 2 N–H and O–H groups in total. The van der Waals surface area contributed by atoms with Gasteiger partial charge in [-0.1, -0.05) is 44.9 Å². The minimum Gasteiger partial charge on any atom is -0.321 e. The van der Waals surface area contributed by atoms with Crippen LogP contribution >= 0.6 is 0 Å². The van der Waals surface area contributed by atoms with Crippen LogP contribution in [-0.2, 0) is 5.54 Å². The van der Waals surface area contributed by atoms with E-state index < -0.39 is 0 Å². The zero-order chi connectivity index (χ0) is 13.5. The molecular formula is C17H22N2. The van der Waals surface area contributed by atoms with Gasteiger partial charge in [-0.25, -0.2) is 0 Å². The predicted molar refractivity (Wildman–Crippen MR) is 79.9 cm³/mol. The summed E-state index contributed by atoms with van der Waals surface area (Å²) in [6.45, 7) is 4.60. The van der Waals surface area contributed by atoms with Crippen molar-refractivity contribution in [2.24, 2.45) is 11.1 Å². The van der Waals surface area contributed by atoms with Crippen molar-refractivity contribution < 1.29 is 0 Å². The average molecular weight is 254 g/mol. The highest BCUT2D eigenvalue weighted by Crippen LogP contribution is 2.48. The molecule has 0 aliphatic heterocycles. The Morgan fingerprint density at radius 2 is 1.89 bits per heavy atom. The molecule has 1 aromatic heterocycles. The molecule has 1 aliphatic carbocycles. The highest BCUT2D eigenvalue weighted by molar-refractivity contribution is 5.79. The first-order valence-electron chi connectivity index (χ1n) is 7.17. The number of hydrogen-bond donors (Lipinski definition) is 1. The van der Waals surface area contributed by atoms with Gasteiger partial charge in [0.2, 0.25) is 0 Å². The zero-order valence-electron chi connectivity index (χ0n) is 11.8. The molecule has 0 spiro atoms. The molecule has 3 rings (SSSR count). The summed E-state index contributed by atoms with van der Waals surface area (Å²) in [6.07, 6.45) is 6.63. The summed E-state index contributed by atoms with van der Waals surface area (Å²) in [6, 6.07) is 10.6. The Labute approximate surface area is 115 Å². The molecule has 1 aliphatic rings. The summed E-state index contributed by atoms with van der Waals surface area (Å²) in [7, 11) is 0. The standard InChI is InChI=1S/C17H22N2/c1-16(2)9-3-4-10-17(16,18)14-8-7-13-6-5-11-19-15(13)12-14/h5-8,11-12H,3-4,9-10,18H2,1-2H3. The fourth-order valence-electron chi connectivity index (χ4n) is 3.41. The lowest BCUT2D eigenvalue weighted by Crippen LogP contribution is -2.51. The third-order valence-electron chi connectivity index (χ3n) is 4.95. The topological polar surface area (TPSA) is 38.9 Å². The highest BCUT2D eigenvalue weighted by Gasteiger charge is 2.44. The number of pyridine rings is 1. The van der Waals surface area contributed by atoms with Crippen LogP contribution in [0, 0.1) is 5.41 Å². The van der Waals surface area contributed by atoms with Crippen LogP contribution in [0.2, 0.25) is 0 Å². The Balaban J connectivity index is 2.12. The molecule has 0 radical (unpaired) electrons. The lowest BCUT2D eigenvalue weighted by Gasteiger charge is -2.48. The lowest BCUT2D eigenvalue weighted by atomic mass is 9.61. The number of nitrogens with zero attached hydrogens (tertiary/aromatic N) is 1. The van der Waals surface area contributed by atoms with Crippen LogP contribution in [0.4, 0.5) is 0 Å². The van der Waals surface area contributed by atoms with E-state index in [9.17, 15) is 0 Å². The van der Waals surface area contributed by atoms with Crippen LogP contribution in [-0.4, -0.2) is 4.98 Å². The third-order valence-corrected chi connectivity index (χ3v) is 4.95. The van der Waals surface area contributed by atoms with Crippen molar-refractivity contribution in [2.45, 2.75) is 45.1 Å². The van der Waals surface area contributed by atoms with E-state index in [-0.39, 0.29) is 11.0 Å². The third kappa shape index (κ3) is 1.95. The van der Waals surface area contributed by atoms with Gasteiger partial charge in [0.15, 0.2) is 0 Å². The number of rotatable bonds is 1. The van der Waals surface area contributed by atoms with Crippen molar-refractivity contribution in [1.82, 2.24) is 4.98 Å². The predicted octanol–water partition coefficient (Wildman–Crippen LogP) is 3.99. The maximum atomic E-state index is 6.82. The molecule has 1 aromatic carbocycles. The monoisotopic (exact) mass is 254 g/mol. The fourth-order valence-corrected chi connectivity index (χ4v) is 3.41. The van der Waals surface area contributed by atoms with E-state index in [1.54, 1.807) is 0 Å². The largest absolute Gasteiger partial charge is 0.321 e. The second kappa shape index (κ2) is 4.31. The van der Waals surface area contributed by atoms with Crippen LogP contribution in [0.25, 0.3) is 10.9 Å². The molecule has 2 heteroatoms. The Bertz CT molecular complexity index is 603. The van der Waals surface area contributed by atoms with E-state index in [1.165, 1.54) is 30.2 Å². The lowest BCUT2D eigenvalue weighted by molar-refractivity contribution is 0.0980. The molecule has 2 aromatic rings. The quantitative estimate of drug-likeness (QED) is 0.835. The highest BCUT2D eigenvalue weighted by atomic mass is 14.8. The Kier molecular flexibility index (Phi) is 2.86. The first-order valence-corrected chi connectivity index (χ1v) is 7.17. The first kappa shape index (κ1) is 12.6. The maximum Gasteiger partial charge on any atom is 0.0705 e. The molecular weight excluding hydrogens is 232 g/mol. The Morgan fingerprint density at radius 1 is 1.11 bits per heavy atom. The van der Waals surface area contributed by atoms with Crippen LogP contribution < -0.4 is 5.73 Å². The van der Waals surface area contributed by atoms with Gasteiger partial charge in [-0.2, -0.15) is 0 Å². The molecule has 0 amide bonds. The molecule has 1 atom stereocenters. The maximum absolute atomic E-state index is 6.82. The SMILES string of the molecule is CC1(C)CCCCC1(N)c1ccc2cccnc2c1. The molecule has 1 fully saturated rings. The van der Waals surface area contributed by atoms with Gasteiger partial charge >= 0.3 is 0 Å². The number of hydrogen-bond acceptors (Lipinski definition) is 2. The average Bonchev–Trinajstić information content (AvgIpc) is 2.41. The van der Waals surface area contributed by atoms with E-state index in [0.717, 1.165) is 11.9 Å². The summed E-state index contributed by atoms with van der Waals surface area (Å²) in [5, 5.41) is 1.18. The summed E-state index contributed by atoms with van der Waals surface area (Å²) >= 11 is 0. The van der Waals surface area contributed by atoms with E-state index in [2.05, 4.69) is 43.1 Å². The van der Waals surface area contributed by atoms with Gasteiger partial charge in [-0.3, -0.25) is 4.98 Å². The molecule has 0 bridgehead atoms. The van der Waals surface area contributed by atoms with Crippen molar-refractivity contribution in [3.05, 3.63) is 42.1 Å². The zero-order valence-corrected chi connectivity index (χ0v) is 11.8. The van der Waals surface area contributed by atoms with Gasteiger partial charge in [-0.15, -0.1) is 0 Å². The summed E-state index contributed by atoms with van der Waals surface area (Å²) in [5.74, 6) is 0. The number of benzene rings is 1. The van der Waals surface area contributed by atoms with Crippen LogP contribution in [0.5, 0.6) is 0 Å².